The van der Waals surface area contributed by atoms with Gasteiger partial charge < -0.3 is 5.73 Å². The molecule has 0 aliphatic carbocycles. The fraction of sp³-hybridized carbons (Fsp3) is 0.385. The highest BCUT2D eigenvalue weighted by Gasteiger charge is 2.21. The second kappa shape index (κ2) is 6.54. The minimum Gasteiger partial charge on any atom is -0.326 e. The van der Waals surface area contributed by atoms with Crippen LogP contribution in [0, 0.1) is 0 Å². The molecule has 0 fully saturated rings. The molecule has 4 nitrogen and oxygen atoms in total. The van der Waals surface area contributed by atoms with E-state index in [0.29, 0.717) is 0 Å². The molecule has 0 aliphatic heterocycles. The molecule has 2 N–H and O–H groups in total. The quantitative estimate of drug-likeness (QED) is 0.849. The molecule has 2 aromatic heterocycles. The lowest BCUT2D eigenvalue weighted by atomic mass is 10.1. The van der Waals surface area contributed by atoms with Crippen LogP contribution in [0.4, 0.5) is 0 Å². The van der Waals surface area contributed by atoms with E-state index in [2.05, 4.69) is 32.9 Å². The number of pyridine rings is 1. The second-order valence-electron chi connectivity index (χ2n) is 4.37. The maximum atomic E-state index is 6.24. The number of rotatable bonds is 5. The average Bonchev–Trinajstić information content (AvgIpc) is 2.83. The first-order valence-electron chi connectivity index (χ1n) is 6.12. The zero-order valence-electron chi connectivity index (χ0n) is 11.0. The van der Waals surface area contributed by atoms with E-state index in [9.17, 15) is 0 Å². The van der Waals surface area contributed by atoms with Gasteiger partial charge in [-0.05, 0) is 34.5 Å². The summed E-state index contributed by atoms with van der Waals surface area (Å²) in [4.78, 5) is 4.40. The van der Waals surface area contributed by atoms with Crippen molar-refractivity contribution in [1.82, 2.24) is 14.8 Å². The van der Waals surface area contributed by atoms with Crippen molar-refractivity contribution in [2.24, 2.45) is 12.8 Å². The molecular weight excluding hydrogens is 324 g/mol. The third kappa shape index (κ3) is 3.81. The van der Waals surface area contributed by atoms with Crippen LogP contribution in [0.15, 0.2) is 40.2 Å². The predicted molar refractivity (Wildman–Crippen MR) is 82.0 cm³/mol. The molecule has 19 heavy (non-hydrogen) atoms. The Morgan fingerprint density at radius 1 is 1.42 bits per heavy atom. The summed E-state index contributed by atoms with van der Waals surface area (Å²) in [6.07, 6.45) is 6.63. The summed E-state index contributed by atoms with van der Waals surface area (Å²) in [6, 6.07) is 4.08. The second-order valence-corrected chi connectivity index (χ2v) is 6.45. The summed E-state index contributed by atoms with van der Waals surface area (Å²) in [5.74, 6) is 0. The number of hydrogen-bond donors (Lipinski definition) is 1. The van der Waals surface area contributed by atoms with Crippen LogP contribution in [0.3, 0.4) is 0 Å². The van der Waals surface area contributed by atoms with Gasteiger partial charge in [-0.2, -0.15) is 5.10 Å². The first-order chi connectivity index (χ1) is 9.10. The minimum absolute atomic E-state index is 0.0830. The molecule has 2 unspecified atom stereocenters. The van der Waals surface area contributed by atoms with Crippen molar-refractivity contribution in [2.75, 3.05) is 0 Å². The van der Waals surface area contributed by atoms with E-state index in [-0.39, 0.29) is 11.3 Å². The van der Waals surface area contributed by atoms with E-state index < -0.39 is 0 Å². The number of aromatic nitrogens is 3. The molecule has 0 saturated heterocycles. The predicted octanol–water partition coefficient (Wildman–Crippen LogP) is 3.15. The largest absolute Gasteiger partial charge is 0.326 e. The molecule has 0 bridgehead atoms. The minimum atomic E-state index is 0.0830. The van der Waals surface area contributed by atoms with Crippen molar-refractivity contribution in [3.05, 3.63) is 40.8 Å². The van der Waals surface area contributed by atoms with Crippen molar-refractivity contribution in [3.8, 4) is 0 Å². The Labute approximate surface area is 125 Å². The molecule has 2 atom stereocenters. The molecule has 0 radical (unpaired) electrons. The molecule has 2 aromatic rings. The Bertz CT molecular complexity index is 526. The van der Waals surface area contributed by atoms with Crippen LogP contribution in [0.25, 0.3) is 0 Å². The number of halogens is 1. The van der Waals surface area contributed by atoms with Crippen LogP contribution in [0.5, 0.6) is 0 Å². The van der Waals surface area contributed by atoms with Crippen LogP contribution in [-0.2, 0) is 7.05 Å². The summed E-state index contributed by atoms with van der Waals surface area (Å²) >= 11 is 5.08. The monoisotopic (exact) mass is 340 g/mol. The summed E-state index contributed by atoms with van der Waals surface area (Å²) in [7, 11) is 1.92. The van der Waals surface area contributed by atoms with Crippen LogP contribution in [0.1, 0.15) is 24.2 Å². The van der Waals surface area contributed by atoms with Gasteiger partial charge >= 0.3 is 0 Å². The maximum Gasteiger partial charge on any atom is 0.0967 e. The van der Waals surface area contributed by atoms with Gasteiger partial charge in [0.25, 0.3) is 0 Å². The Kier molecular flexibility index (Phi) is 5.01. The first kappa shape index (κ1) is 14.6. The number of thioether (sulfide) groups is 1. The Hall–Kier alpha value is -0.850. The SMILES string of the molecule is CCC(N)C(Sc1ccc(Br)cn1)c1cnn(C)c1. The van der Waals surface area contributed by atoms with Crippen molar-refractivity contribution in [3.63, 3.8) is 0 Å². The normalized spacial score (nSPS) is 14.3. The van der Waals surface area contributed by atoms with Gasteiger partial charge in [-0.3, -0.25) is 4.68 Å². The standard InChI is InChI=1S/C13H17BrN4S/c1-3-11(15)13(9-6-17-18(2)8-9)19-12-5-4-10(14)7-16-12/h4-8,11,13H,3,15H2,1-2H3. The smallest absolute Gasteiger partial charge is 0.0967 e. The van der Waals surface area contributed by atoms with Gasteiger partial charge in [0.2, 0.25) is 0 Å². The van der Waals surface area contributed by atoms with Crippen molar-refractivity contribution in [1.29, 1.82) is 0 Å². The fourth-order valence-corrected chi connectivity index (χ4v) is 3.15. The lowest BCUT2D eigenvalue weighted by molar-refractivity contribution is 0.633. The van der Waals surface area contributed by atoms with Gasteiger partial charge in [0.1, 0.15) is 0 Å². The first-order valence-corrected chi connectivity index (χ1v) is 7.79. The van der Waals surface area contributed by atoms with Crippen molar-refractivity contribution >= 4 is 27.7 Å². The Morgan fingerprint density at radius 2 is 2.21 bits per heavy atom. The van der Waals surface area contributed by atoms with Crippen molar-refractivity contribution < 1.29 is 0 Å². The third-order valence-corrected chi connectivity index (χ3v) is 4.69. The number of nitrogens with zero attached hydrogens (tertiary/aromatic N) is 3. The number of aryl methyl sites for hydroxylation is 1. The molecule has 2 rings (SSSR count). The molecule has 0 saturated carbocycles. The van der Waals surface area contributed by atoms with Gasteiger partial charge in [0.05, 0.1) is 16.5 Å². The van der Waals surface area contributed by atoms with E-state index in [1.165, 1.54) is 0 Å². The maximum absolute atomic E-state index is 6.24. The average molecular weight is 341 g/mol. The summed E-state index contributed by atoms with van der Waals surface area (Å²) in [5.41, 5.74) is 7.39. The lowest BCUT2D eigenvalue weighted by Gasteiger charge is -2.20. The van der Waals surface area contributed by atoms with E-state index in [1.807, 2.05) is 31.6 Å². The Balaban J connectivity index is 2.21. The van der Waals surface area contributed by atoms with Gasteiger partial charge in [0.15, 0.2) is 0 Å². The van der Waals surface area contributed by atoms with Crippen LogP contribution in [0.2, 0.25) is 0 Å². The highest BCUT2D eigenvalue weighted by molar-refractivity contribution is 9.10. The zero-order chi connectivity index (χ0) is 13.8. The molecule has 6 heteroatoms. The molecule has 0 aromatic carbocycles. The zero-order valence-corrected chi connectivity index (χ0v) is 13.4. The van der Waals surface area contributed by atoms with Gasteiger partial charge in [-0.15, -0.1) is 0 Å². The molecule has 0 amide bonds. The van der Waals surface area contributed by atoms with E-state index >= 15 is 0 Å². The molecule has 0 spiro atoms. The molecular formula is C13H17BrN4S. The lowest BCUT2D eigenvalue weighted by Crippen LogP contribution is -2.25. The van der Waals surface area contributed by atoms with Crippen LogP contribution < -0.4 is 5.73 Å². The van der Waals surface area contributed by atoms with E-state index in [4.69, 9.17) is 5.73 Å². The topological polar surface area (TPSA) is 56.7 Å². The van der Waals surface area contributed by atoms with Gasteiger partial charge in [-0.1, -0.05) is 18.7 Å². The van der Waals surface area contributed by atoms with E-state index in [1.54, 1.807) is 22.6 Å². The van der Waals surface area contributed by atoms with Crippen LogP contribution in [-0.4, -0.2) is 20.8 Å². The highest BCUT2D eigenvalue weighted by Crippen LogP contribution is 2.37. The van der Waals surface area contributed by atoms with E-state index in [0.717, 1.165) is 21.5 Å². The molecule has 2 heterocycles. The molecule has 102 valence electrons. The fourth-order valence-electron chi connectivity index (χ4n) is 1.77. The molecule has 0 aliphatic rings. The number of nitrogens with two attached hydrogens (primary N) is 1. The van der Waals surface area contributed by atoms with Gasteiger partial charge in [-0.25, -0.2) is 4.98 Å². The van der Waals surface area contributed by atoms with Crippen molar-refractivity contribution in [2.45, 2.75) is 29.7 Å². The summed E-state index contributed by atoms with van der Waals surface area (Å²) in [6.45, 7) is 2.10. The summed E-state index contributed by atoms with van der Waals surface area (Å²) in [5, 5.41) is 5.38. The third-order valence-electron chi connectivity index (χ3n) is 2.86. The highest BCUT2D eigenvalue weighted by atomic mass is 79.9. The Morgan fingerprint density at radius 3 is 2.74 bits per heavy atom. The van der Waals surface area contributed by atoms with Gasteiger partial charge in [0, 0.05) is 35.5 Å². The van der Waals surface area contributed by atoms with Crippen LogP contribution >= 0.6 is 27.7 Å². The number of hydrogen-bond acceptors (Lipinski definition) is 4. The summed E-state index contributed by atoms with van der Waals surface area (Å²) < 4.78 is 2.79.